The molecule has 0 spiro atoms. The summed E-state index contributed by atoms with van der Waals surface area (Å²) in [6.45, 7) is 0. The van der Waals surface area contributed by atoms with Gasteiger partial charge < -0.3 is 0 Å². The number of alkyl halides is 1. The smallest absolute Gasteiger partial charge is 0.162 e. The van der Waals surface area contributed by atoms with E-state index in [1.54, 1.807) is 0 Å². The number of hydrogen-bond acceptors (Lipinski definition) is 1. The zero-order valence-corrected chi connectivity index (χ0v) is 9.66. The first-order valence-electron chi connectivity index (χ1n) is 4.49. The largest absolute Gasteiger partial charge is 0.294 e. The van der Waals surface area contributed by atoms with E-state index in [1.165, 1.54) is 0 Å². The van der Waals surface area contributed by atoms with Gasteiger partial charge in [-0.25, -0.2) is 0 Å². The standard InChI is InChI=1S/C11H13IO/c12-9-5-4-8-11(13)10-6-2-1-3-7-10/h1-3,6-7H,4-5,8-9H2. The van der Waals surface area contributed by atoms with Crippen molar-refractivity contribution in [1.29, 1.82) is 0 Å². The third-order valence-corrected chi connectivity index (χ3v) is 2.65. The highest BCUT2D eigenvalue weighted by Gasteiger charge is 2.03. The van der Waals surface area contributed by atoms with Crippen molar-refractivity contribution in [2.75, 3.05) is 4.43 Å². The minimum atomic E-state index is 0.269. The van der Waals surface area contributed by atoms with E-state index in [9.17, 15) is 4.79 Å². The van der Waals surface area contributed by atoms with Gasteiger partial charge in [0, 0.05) is 12.0 Å². The van der Waals surface area contributed by atoms with Crippen LogP contribution >= 0.6 is 22.6 Å². The third-order valence-electron chi connectivity index (χ3n) is 1.88. The molecule has 1 rings (SSSR count). The minimum Gasteiger partial charge on any atom is -0.294 e. The Balaban J connectivity index is 2.40. The van der Waals surface area contributed by atoms with Gasteiger partial charge in [-0.05, 0) is 17.3 Å². The highest BCUT2D eigenvalue weighted by atomic mass is 127. The second-order valence-electron chi connectivity index (χ2n) is 2.94. The van der Waals surface area contributed by atoms with E-state index >= 15 is 0 Å². The molecular weight excluding hydrogens is 275 g/mol. The van der Waals surface area contributed by atoms with Gasteiger partial charge in [0.2, 0.25) is 0 Å². The fourth-order valence-corrected chi connectivity index (χ4v) is 1.69. The van der Waals surface area contributed by atoms with Crippen LogP contribution in [0.1, 0.15) is 29.6 Å². The number of ketones is 1. The summed E-state index contributed by atoms with van der Waals surface area (Å²) in [5.74, 6) is 0.269. The Morgan fingerprint density at radius 2 is 1.85 bits per heavy atom. The quantitative estimate of drug-likeness (QED) is 0.351. The van der Waals surface area contributed by atoms with Gasteiger partial charge in [-0.1, -0.05) is 52.9 Å². The van der Waals surface area contributed by atoms with Crippen LogP contribution in [0.5, 0.6) is 0 Å². The van der Waals surface area contributed by atoms with Crippen molar-refractivity contribution in [1.82, 2.24) is 0 Å². The number of carbonyl (C=O) groups is 1. The van der Waals surface area contributed by atoms with Gasteiger partial charge in [-0.15, -0.1) is 0 Å². The first-order valence-corrected chi connectivity index (χ1v) is 6.01. The van der Waals surface area contributed by atoms with Gasteiger partial charge in [0.15, 0.2) is 5.78 Å². The molecule has 0 bridgehead atoms. The van der Waals surface area contributed by atoms with Crippen molar-refractivity contribution in [2.24, 2.45) is 0 Å². The lowest BCUT2D eigenvalue weighted by Crippen LogP contribution is -1.98. The van der Waals surface area contributed by atoms with Crippen LogP contribution in [-0.4, -0.2) is 10.2 Å². The van der Waals surface area contributed by atoms with E-state index in [2.05, 4.69) is 22.6 Å². The molecule has 0 atom stereocenters. The predicted octanol–water partition coefficient (Wildman–Crippen LogP) is 3.47. The van der Waals surface area contributed by atoms with E-state index in [0.29, 0.717) is 6.42 Å². The van der Waals surface area contributed by atoms with Gasteiger partial charge in [0.05, 0.1) is 0 Å². The molecule has 0 N–H and O–H groups in total. The Labute approximate surface area is 92.7 Å². The molecule has 0 fully saturated rings. The second-order valence-corrected chi connectivity index (χ2v) is 4.01. The molecule has 0 aliphatic carbocycles. The van der Waals surface area contributed by atoms with Crippen LogP contribution in [0.3, 0.4) is 0 Å². The van der Waals surface area contributed by atoms with E-state index in [-0.39, 0.29) is 5.78 Å². The summed E-state index contributed by atoms with van der Waals surface area (Å²) in [6.07, 6.45) is 2.84. The van der Waals surface area contributed by atoms with Crippen LogP contribution in [0.25, 0.3) is 0 Å². The molecule has 1 nitrogen and oxygen atoms in total. The monoisotopic (exact) mass is 288 g/mol. The molecule has 0 unspecified atom stereocenters. The maximum Gasteiger partial charge on any atom is 0.162 e. The molecule has 0 amide bonds. The van der Waals surface area contributed by atoms with Crippen LogP contribution in [-0.2, 0) is 0 Å². The molecule has 0 radical (unpaired) electrons. The number of Topliss-reactive ketones (excluding diaryl/α,β-unsaturated/α-hetero) is 1. The number of benzene rings is 1. The van der Waals surface area contributed by atoms with Gasteiger partial charge in [-0.3, -0.25) is 4.79 Å². The van der Waals surface area contributed by atoms with Crippen LogP contribution in [0.2, 0.25) is 0 Å². The minimum absolute atomic E-state index is 0.269. The molecule has 0 saturated carbocycles. The molecule has 2 heteroatoms. The van der Waals surface area contributed by atoms with E-state index < -0.39 is 0 Å². The van der Waals surface area contributed by atoms with Crippen molar-refractivity contribution in [3.05, 3.63) is 35.9 Å². The van der Waals surface area contributed by atoms with Gasteiger partial charge in [0.1, 0.15) is 0 Å². The van der Waals surface area contributed by atoms with E-state index in [0.717, 1.165) is 22.8 Å². The van der Waals surface area contributed by atoms with Crippen molar-refractivity contribution < 1.29 is 4.79 Å². The fourth-order valence-electron chi connectivity index (χ4n) is 1.15. The lowest BCUT2D eigenvalue weighted by Gasteiger charge is -1.98. The van der Waals surface area contributed by atoms with Gasteiger partial charge in [-0.2, -0.15) is 0 Å². The second kappa shape index (κ2) is 6.13. The molecule has 1 aromatic rings. The van der Waals surface area contributed by atoms with Crippen LogP contribution in [0.15, 0.2) is 30.3 Å². The molecule has 0 aliphatic heterocycles. The predicted molar refractivity (Wildman–Crippen MR) is 63.5 cm³/mol. The first-order chi connectivity index (χ1) is 6.34. The molecular formula is C11H13IO. The van der Waals surface area contributed by atoms with Crippen LogP contribution in [0, 0.1) is 0 Å². The molecule has 13 heavy (non-hydrogen) atoms. The molecule has 0 saturated heterocycles. The summed E-state index contributed by atoms with van der Waals surface area (Å²) in [5, 5.41) is 0. The normalized spacial score (nSPS) is 9.92. The third kappa shape index (κ3) is 3.89. The molecule has 0 aliphatic rings. The Morgan fingerprint density at radius 3 is 2.46 bits per heavy atom. The number of unbranched alkanes of at least 4 members (excludes halogenated alkanes) is 1. The Bertz CT molecular complexity index is 256. The average Bonchev–Trinajstić information content (AvgIpc) is 2.19. The van der Waals surface area contributed by atoms with Crippen molar-refractivity contribution >= 4 is 28.4 Å². The summed E-state index contributed by atoms with van der Waals surface area (Å²) in [5.41, 5.74) is 0.843. The van der Waals surface area contributed by atoms with E-state index in [1.807, 2.05) is 30.3 Å². The SMILES string of the molecule is O=C(CCCCI)c1ccccc1. The molecule has 0 aromatic heterocycles. The van der Waals surface area contributed by atoms with Crippen LogP contribution in [0.4, 0.5) is 0 Å². The average molecular weight is 288 g/mol. The maximum atomic E-state index is 11.5. The lowest BCUT2D eigenvalue weighted by atomic mass is 10.1. The summed E-state index contributed by atoms with van der Waals surface area (Å²) in [7, 11) is 0. The fraction of sp³-hybridized carbons (Fsp3) is 0.364. The van der Waals surface area contributed by atoms with Gasteiger partial charge in [0.25, 0.3) is 0 Å². The Hall–Kier alpha value is -0.380. The van der Waals surface area contributed by atoms with E-state index in [4.69, 9.17) is 0 Å². The zero-order valence-electron chi connectivity index (χ0n) is 7.50. The summed E-state index contributed by atoms with van der Waals surface area (Å²) < 4.78 is 1.14. The first kappa shape index (κ1) is 10.7. The summed E-state index contributed by atoms with van der Waals surface area (Å²) >= 11 is 2.34. The number of hydrogen-bond donors (Lipinski definition) is 0. The van der Waals surface area contributed by atoms with Crippen LogP contribution < -0.4 is 0 Å². The topological polar surface area (TPSA) is 17.1 Å². The Morgan fingerprint density at radius 1 is 1.15 bits per heavy atom. The number of rotatable bonds is 5. The summed E-state index contributed by atoms with van der Waals surface area (Å²) in [6, 6.07) is 9.51. The Kier molecular flexibility index (Phi) is 5.05. The lowest BCUT2D eigenvalue weighted by molar-refractivity contribution is 0.0980. The summed E-state index contributed by atoms with van der Waals surface area (Å²) in [4.78, 5) is 11.5. The van der Waals surface area contributed by atoms with Gasteiger partial charge >= 0.3 is 0 Å². The number of carbonyl (C=O) groups excluding carboxylic acids is 1. The van der Waals surface area contributed by atoms with Crippen molar-refractivity contribution in [3.8, 4) is 0 Å². The maximum absolute atomic E-state index is 11.5. The highest BCUT2D eigenvalue weighted by molar-refractivity contribution is 14.1. The molecule has 0 heterocycles. The number of halogens is 1. The van der Waals surface area contributed by atoms with Crippen molar-refractivity contribution in [3.63, 3.8) is 0 Å². The molecule has 1 aromatic carbocycles. The zero-order chi connectivity index (χ0) is 9.52. The highest BCUT2D eigenvalue weighted by Crippen LogP contribution is 2.07. The molecule has 70 valence electrons. The van der Waals surface area contributed by atoms with Crippen molar-refractivity contribution in [2.45, 2.75) is 19.3 Å².